The summed E-state index contributed by atoms with van der Waals surface area (Å²) in [6, 6.07) is 0. The summed E-state index contributed by atoms with van der Waals surface area (Å²) in [7, 11) is 0. The summed E-state index contributed by atoms with van der Waals surface area (Å²) in [4.78, 5) is 21.3. The molecule has 6 nitrogen and oxygen atoms in total. The molecule has 82 valence electrons. The average molecular weight is 204 g/mol. The molecule has 0 radical (unpaired) electrons. The van der Waals surface area contributed by atoms with Crippen molar-refractivity contribution in [3.63, 3.8) is 0 Å². The van der Waals surface area contributed by atoms with Gasteiger partial charge in [0, 0.05) is 18.8 Å². The highest BCUT2D eigenvalue weighted by Crippen LogP contribution is 2.09. The SMILES string of the molecule is CC(C)C(O)(O)NC(=O)CCC(N)=O. The molecular weight excluding hydrogens is 188 g/mol. The maximum atomic E-state index is 11.0. The zero-order chi connectivity index (χ0) is 11.4. The molecule has 0 aliphatic carbocycles. The normalized spacial score (nSPS) is 11.5. The Morgan fingerprint density at radius 1 is 1.36 bits per heavy atom. The Bertz CT molecular complexity index is 225. The standard InChI is InChI=1S/C8H16N2O4/c1-5(2)8(13,14)10-7(12)4-3-6(9)11/h5,13-14H,3-4H2,1-2H3,(H2,9,11)(H,10,12). The Labute approximate surface area is 82.1 Å². The van der Waals surface area contributed by atoms with Crippen molar-refractivity contribution in [1.82, 2.24) is 5.32 Å². The number of primary amides is 1. The number of nitrogens with one attached hydrogen (secondary N) is 1. The third kappa shape index (κ3) is 4.78. The summed E-state index contributed by atoms with van der Waals surface area (Å²) >= 11 is 0. The molecule has 0 atom stereocenters. The first-order valence-electron chi connectivity index (χ1n) is 4.29. The highest BCUT2D eigenvalue weighted by Gasteiger charge is 2.29. The van der Waals surface area contributed by atoms with Crippen molar-refractivity contribution in [2.75, 3.05) is 0 Å². The third-order valence-corrected chi connectivity index (χ3v) is 1.73. The second-order valence-corrected chi connectivity index (χ2v) is 3.40. The largest absolute Gasteiger partial charge is 0.370 e. The summed E-state index contributed by atoms with van der Waals surface area (Å²) < 4.78 is 0. The zero-order valence-electron chi connectivity index (χ0n) is 8.28. The molecule has 0 aromatic carbocycles. The minimum atomic E-state index is -2.24. The topological polar surface area (TPSA) is 113 Å². The Morgan fingerprint density at radius 2 is 1.86 bits per heavy atom. The molecule has 6 heteroatoms. The van der Waals surface area contributed by atoms with E-state index in [1.165, 1.54) is 13.8 Å². The van der Waals surface area contributed by atoms with Gasteiger partial charge in [0.1, 0.15) is 0 Å². The Kier molecular flexibility index (Phi) is 4.52. The average Bonchev–Trinajstić information content (AvgIpc) is 1.99. The van der Waals surface area contributed by atoms with Gasteiger partial charge in [-0.05, 0) is 0 Å². The van der Waals surface area contributed by atoms with Gasteiger partial charge in [0.25, 0.3) is 0 Å². The molecule has 0 aromatic heterocycles. The molecule has 0 aromatic rings. The first-order chi connectivity index (χ1) is 6.25. The van der Waals surface area contributed by atoms with E-state index in [1.54, 1.807) is 0 Å². The highest BCUT2D eigenvalue weighted by molar-refractivity contribution is 5.82. The molecule has 0 aliphatic heterocycles. The summed E-state index contributed by atoms with van der Waals surface area (Å²) in [5.41, 5.74) is 4.82. The van der Waals surface area contributed by atoms with E-state index in [2.05, 4.69) is 0 Å². The van der Waals surface area contributed by atoms with Crippen LogP contribution in [0.25, 0.3) is 0 Å². The fourth-order valence-corrected chi connectivity index (χ4v) is 0.649. The van der Waals surface area contributed by atoms with Gasteiger partial charge in [-0.15, -0.1) is 0 Å². The molecule has 5 N–H and O–H groups in total. The molecule has 14 heavy (non-hydrogen) atoms. The van der Waals surface area contributed by atoms with Crippen molar-refractivity contribution in [1.29, 1.82) is 0 Å². The predicted octanol–water partition coefficient (Wildman–Crippen LogP) is -1.34. The van der Waals surface area contributed by atoms with E-state index in [-0.39, 0.29) is 12.8 Å². The number of nitrogens with two attached hydrogens (primary N) is 1. The van der Waals surface area contributed by atoms with Crippen LogP contribution < -0.4 is 11.1 Å². The van der Waals surface area contributed by atoms with E-state index in [0.29, 0.717) is 0 Å². The lowest BCUT2D eigenvalue weighted by Gasteiger charge is -2.26. The Morgan fingerprint density at radius 3 is 2.21 bits per heavy atom. The van der Waals surface area contributed by atoms with Crippen molar-refractivity contribution >= 4 is 11.8 Å². The van der Waals surface area contributed by atoms with Crippen molar-refractivity contribution in [3.05, 3.63) is 0 Å². The number of hydrogen-bond donors (Lipinski definition) is 4. The number of aliphatic hydroxyl groups is 2. The van der Waals surface area contributed by atoms with Gasteiger partial charge in [-0.25, -0.2) is 0 Å². The van der Waals surface area contributed by atoms with E-state index in [4.69, 9.17) is 5.73 Å². The molecule has 0 bridgehead atoms. The maximum Gasteiger partial charge on any atom is 0.248 e. The van der Waals surface area contributed by atoms with Crippen molar-refractivity contribution in [2.24, 2.45) is 11.7 Å². The maximum absolute atomic E-state index is 11.0. The predicted molar refractivity (Wildman–Crippen MR) is 48.6 cm³/mol. The molecule has 0 fully saturated rings. The minimum Gasteiger partial charge on any atom is -0.370 e. The number of hydrogen-bond acceptors (Lipinski definition) is 4. The molecule has 0 aliphatic rings. The van der Waals surface area contributed by atoms with Crippen LogP contribution >= 0.6 is 0 Å². The van der Waals surface area contributed by atoms with Crippen LogP contribution in [0.5, 0.6) is 0 Å². The molecular formula is C8H16N2O4. The summed E-state index contributed by atoms with van der Waals surface area (Å²) in [5.74, 6) is -4.01. The first-order valence-corrected chi connectivity index (χ1v) is 4.29. The van der Waals surface area contributed by atoms with Gasteiger partial charge in [0.2, 0.25) is 17.7 Å². The van der Waals surface area contributed by atoms with Crippen LogP contribution in [0.2, 0.25) is 0 Å². The van der Waals surface area contributed by atoms with E-state index in [0.717, 1.165) is 0 Å². The molecule has 0 unspecified atom stereocenters. The number of amides is 2. The van der Waals surface area contributed by atoms with Crippen LogP contribution in [0.15, 0.2) is 0 Å². The summed E-state index contributed by atoms with van der Waals surface area (Å²) in [6.45, 7) is 3.07. The van der Waals surface area contributed by atoms with E-state index < -0.39 is 23.6 Å². The lowest BCUT2D eigenvalue weighted by molar-refractivity contribution is -0.215. The molecule has 0 spiro atoms. The second kappa shape index (κ2) is 4.92. The van der Waals surface area contributed by atoms with Gasteiger partial charge in [0.05, 0.1) is 0 Å². The van der Waals surface area contributed by atoms with E-state index >= 15 is 0 Å². The monoisotopic (exact) mass is 204 g/mol. The fourth-order valence-electron chi connectivity index (χ4n) is 0.649. The van der Waals surface area contributed by atoms with Gasteiger partial charge < -0.3 is 21.3 Å². The van der Waals surface area contributed by atoms with Crippen LogP contribution in [-0.2, 0) is 9.59 Å². The number of carbonyl (C=O) groups excluding carboxylic acids is 2. The van der Waals surface area contributed by atoms with Crippen molar-refractivity contribution in [3.8, 4) is 0 Å². The van der Waals surface area contributed by atoms with Crippen molar-refractivity contribution < 1.29 is 19.8 Å². The lowest BCUT2D eigenvalue weighted by atomic mass is 10.1. The Balaban J connectivity index is 4.00. The van der Waals surface area contributed by atoms with Gasteiger partial charge in [0.15, 0.2) is 0 Å². The first kappa shape index (κ1) is 12.9. The molecule has 0 saturated carbocycles. The molecule has 0 saturated heterocycles. The van der Waals surface area contributed by atoms with Gasteiger partial charge in [-0.1, -0.05) is 13.8 Å². The number of carbonyl (C=O) groups is 2. The quantitative estimate of drug-likeness (QED) is 0.415. The minimum absolute atomic E-state index is 0.111. The number of rotatable bonds is 5. The van der Waals surface area contributed by atoms with E-state index in [9.17, 15) is 19.8 Å². The molecule has 0 heterocycles. The van der Waals surface area contributed by atoms with Gasteiger partial charge in [-0.2, -0.15) is 0 Å². The smallest absolute Gasteiger partial charge is 0.248 e. The van der Waals surface area contributed by atoms with Crippen LogP contribution in [0, 0.1) is 5.92 Å². The Hall–Kier alpha value is -1.14. The van der Waals surface area contributed by atoms with Gasteiger partial charge >= 0.3 is 0 Å². The zero-order valence-corrected chi connectivity index (χ0v) is 8.28. The van der Waals surface area contributed by atoms with E-state index in [1.807, 2.05) is 5.32 Å². The van der Waals surface area contributed by atoms with Crippen LogP contribution in [0.1, 0.15) is 26.7 Å². The molecule has 0 rings (SSSR count). The fraction of sp³-hybridized carbons (Fsp3) is 0.750. The lowest BCUT2D eigenvalue weighted by Crippen LogP contribution is -2.52. The highest BCUT2D eigenvalue weighted by atomic mass is 16.5. The second-order valence-electron chi connectivity index (χ2n) is 3.40. The third-order valence-electron chi connectivity index (χ3n) is 1.73. The van der Waals surface area contributed by atoms with Crippen LogP contribution in [-0.4, -0.2) is 27.9 Å². The summed E-state index contributed by atoms with van der Waals surface area (Å²) in [5, 5.41) is 20.4. The van der Waals surface area contributed by atoms with Crippen LogP contribution in [0.3, 0.4) is 0 Å². The molecule has 2 amide bonds. The van der Waals surface area contributed by atoms with Crippen molar-refractivity contribution in [2.45, 2.75) is 32.6 Å². The summed E-state index contributed by atoms with van der Waals surface area (Å²) in [6.07, 6.45) is -0.259. The van der Waals surface area contributed by atoms with Crippen LogP contribution in [0.4, 0.5) is 0 Å². The van der Waals surface area contributed by atoms with Gasteiger partial charge in [-0.3, -0.25) is 9.59 Å².